The van der Waals surface area contributed by atoms with Crippen LogP contribution in [0.3, 0.4) is 0 Å². The van der Waals surface area contributed by atoms with E-state index in [9.17, 15) is 13.2 Å². The van der Waals surface area contributed by atoms with Gasteiger partial charge in [-0.25, -0.2) is 8.42 Å². The van der Waals surface area contributed by atoms with Gasteiger partial charge >= 0.3 is 0 Å². The van der Waals surface area contributed by atoms with Crippen molar-refractivity contribution in [2.75, 3.05) is 13.1 Å². The monoisotopic (exact) mass is 418 g/mol. The van der Waals surface area contributed by atoms with E-state index in [1.165, 1.54) is 0 Å². The molecule has 1 unspecified atom stereocenters. The molecule has 6 nitrogen and oxygen atoms in total. The standard InChI is InChI=1S/C22H30N2O4S/c1-18(17-20-7-6-16-28-20)23-22(25)13-10-19-8-11-21(12-9-19)29(26,27)24-14-4-2-3-5-15-24/h6-9,11-12,16,18H,2-5,10,13-15,17H2,1H3,(H,23,25). The van der Waals surface area contributed by atoms with Gasteiger partial charge in [0.1, 0.15) is 5.76 Å². The number of aryl methyl sites for hydroxylation is 1. The maximum absolute atomic E-state index is 12.8. The molecule has 1 N–H and O–H groups in total. The molecule has 1 aliphatic heterocycles. The van der Waals surface area contributed by atoms with Crippen LogP contribution in [0.2, 0.25) is 0 Å². The number of hydrogen-bond acceptors (Lipinski definition) is 4. The molecule has 1 amide bonds. The molecule has 1 atom stereocenters. The summed E-state index contributed by atoms with van der Waals surface area (Å²) < 4.78 is 32.5. The smallest absolute Gasteiger partial charge is 0.243 e. The lowest BCUT2D eigenvalue weighted by molar-refractivity contribution is -0.121. The molecule has 0 radical (unpaired) electrons. The Labute approximate surface area is 173 Å². The first-order valence-corrected chi connectivity index (χ1v) is 11.8. The van der Waals surface area contributed by atoms with Gasteiger partial charge in [-0.1, -0.05) is 25.0 Å². The molecule has 1 fully saturated rings. The summed E-state index contributed by atoms with van der Waals surface area (Å²) in [7, 11) is -3.43. The zero-order valence-corrected chi connectivity index (χ0v) is 17.8. The number of hydrogen-bond donors (Lipinski definition) is 1. The van der Waals surface area contributed by atoms with Crippen molar-refractivity contribution in [3.05, 3.63) is 54.0 Å². The molecular weight excluding hydrogens is 388 g/mol. The fourth-order valence-electron chi connectivity index (χ4n) is 3.65. The minimum absolute atomic E-state index is 0.00482. The van der Waals surface area contributed by atoms with Crippen molar-refractivity contribution in [1.82, 2.24) is 9.62 Å². The summed E-state index contributed by atoms with van der Waals surface area (Å²) in [5, 5.41) is 2.97. The lowest BCUT2D eigenvalue weighted by Gasteiger charge is -2.20. The van der Waals surface area contributed by atoms with Crippen LogP contribution in [-0.4, -0.2) is 37.8 Å². The van der Waals surface area contributed by atoms with E-state index in [1.807, 2.05) is 31.2 Å². The summed E-state index contributed by atoms with van der Waals surface area (Å²) in [6.07, 6.45) is 7.24. The van der Waals surface area contributed by atoms with E-state index >= 15 is 0 Å². The van der Waals surface area contributed by atoms with E-state index in [-0.39, 0.29) is 11.9 Å². The number of nitrogens with one attached hydrogen (secondary N) is 1. The maximum atomic E-state index is 12.8. The first-order chi connectivity index (χ1) is 13.9. The Balaban J connectivity index is 1.50. The third kappa shape index (κ3) is 6.18. The average molecular weight is 419 g/mol. The minimum atomic E-state index is -3.43. The van der Waals surface area contributed by atoms with Gasteiger partial charge in [0.15, 0.2) is 0 Å². The van der Waals surface area contributed by atoms with Crippen molar-refractivity contribution in [3.8, 4) is 0 Å². The molecule has 2 aromatic rings. The van der Waals surface area contributed by atoms with Gasteiger partial charge in [0.2, 0.25) is 15.9 Å². The lowest BCUT2D eigenvalue weighted by atomic mass is 10.1. The number of furan rings is 1. The normalized spacial score (nSPS) is 16.9. The summed E-state index contributed by atoms with van der Waals surface area (Å²) in [5.41, 5.74) is 0.952. The molecule has 0 bridgehead atoms. The van der Waals surface area contributed by atoms with E-state index in [1.54, 1.807) is 22.7 Å². The SMILES string of the molecule is CC(Cc1ccco1)NC(=O)CCc1ccc(S(=O)(=O)N2CCCCCC2)cc1. The van der Waals surface area contributed by atoms with Crippen LogP contribution >= 0.6 is 0 Å². The zero-order chi connectivity index (χ0) is 20.7. The Morgan fingerprint density at radius 1 is 1.10 bits per heavy atom. The predicted octanol–water partition coefficient (Wildman–Crippen LogP) is 3.52. The van der Waals surface area contributed by atoms with Crippen LogP contribution in [0.15, 0.2) is 52.0 Å². The highest BCUT2D eigenvalue weighted by molar-refractivity contribution is 7.89. The van der Waals surface area contributed by atoms with Gasteiger partial charge in [-0.05, 0) is 56.0 Å². The topological polar surface area (TPSA) is 79.6 Å². The van der Waals surface area contributed by atoms with E-state index in [4.69, 9.17) is 4.42 Å². The van der Waals surface area contributed by atoms with Crippen LogP contribution in [-0.2, 0) is 27.7 Å². The van der Waals surface area contributed by atoms with Gasteiger partial charge < -0.3 is 9.73 Å². The molecular formula is C22H30N2O4S. The van der Waals surface area contributed by atoms with Gasteiger partial charge in [0, 0.05) is 32.0 Å². The number of carbonyl (C=O) groups is 1. The second-order valence-corrected chi connectivity index (χ2v) is 9.65. The number of benzene rings is 1. The number of sulfonamides is 1. The second-order valence-electron chi connectivity index (χ2n) is 7.71. The third-order valence-corrected chi connectivity index (χ3v) is 7.17. The lowest BCUT2D eigenvalue weighted by Crippen LogP contribution is -2.34. The van der Waals surface area contributed by atoms with Crippen molar-refractivity contribution >= 4 is 15.9 Å². The number of rotatable bonds is 8. The fraction of sp³-hybridized carbons (Fsp3) is 0.500. The van der Waals surface area contributed by atoms with E-state index in [2.05, 4.69) is 5.32 Å². The summed E-state index contributed by atoms with van der Waals surface area (Å²) in [6.45, 7) is 3.14. The van der Waals surface area contributed by atoms with Gasteiger partial charge in [-0.2, -0.15) is 4.31 Å². The van der Waals surface area contributed by atoms with E-state index in [0.29, 0.717) is 37.2 Å². The largest absolute Gasteiger partial charge is 0.469 e. The zero-order valence-electron chi connectivity index (χ0n) is 17.0. The molecule has 29 heavy (non-hydrogen) atoms. The Morgan fingerprint density at radius 2 is 1.79 bits per heavy atom. The van der Waals surface area contributed by atoms with E-state index < -0.39 is 10.0 Å². The average Bonchev–Trinajstić information content (AvgIpc) is 3.04. The van der Waals surface area contributed by atoms with Crippen LogP contribution in [0.1, 0.15) is 50.4 Å². The summed E-state index contributed by atoms with van der Waals surface area (Å²) >= 11 is 0. The number of carbonyl (C=O) groups excluding carboxylic acids is 1. The van der Waals surface area contributed by atoms with Crippen molar-refractivity contribution in [1.29, 1.82) is 0 Å². The molecule has 0 saturated carbocycles. The predicted molar refractivity (Wildman–Crippen MR) is 112 cm³/mol. The first kappa shape index (κ1) is 21.6. The molecule has 2 heterocycles. The molecule has 3 rings (SSSR count). The number of amides is 1. The molecule has 0 spiro atoms. The van der Waals surface area contributed by atoms with Crippen molar-refractivity contribution in [3.63, 3.8) is 0 Å². The van der Waals surface area contributed by atoms with Crippen LogP contribution in [0.4, 0.5) is 0 Å². The summed E-state index contributed by atoms with van der Waals surface area (Å²) in [6, 6.07) is 10.7. The Bertz CT molecular complexity index is 868. The molecule has 1 saturated heterocycles. The molecule has 1 aliphatic rings. The molecule has 0 aliphatic carbocycles. The summed E-state index contributed by atoms with van der Waals surface area (Å²) in [5.74, 6) is 0.823. The highest BCUT2D eigenvalue weighted by Crippen LogP contribution is 2.21. The minimum Gasteiger partial charge on any atom is -0.469 e. The fourth-order valence-corrected chi connectivity index (χ4v) is 5.16. The van der Waals surface area contributed by atoms with Crippen LogP contribution < -0.4 is 5.32 Å². The third-order valence-electron chi connectivity index (χ3n) is 5.26. The van der Waals surface area contributed by atoms with Gasteiger partial charge in [-0.3, -0.25) is 4.79 Å². The molecule has 7 heteroatoms. The highest BCUT2D eigenvalue weighted by Gasteiger charge is 2.24. The van der Waals surface area contributed by atoms with Gasteiger partial charge in [0.25, 0.3) is 0 Å². The highest BCUT2D eigenvalue weighted by atomic mass is 32.2. The van der Waals surface area contributed by atoms with Gasteiger partial charge in [0.05, 0.1) is 11.2 Å². The van der Waals surface area contributed by atoms with Gasteiger partial charge in [-0.15, -0.1) is 0 Å². The summed E-state index contributed by atoms with van der Waals surface area (Å²) in [4.78, 5) is 12.5. The quantitative estimate of drug-likeness (QED) is 0.711. The van der Waals surface area contributed by atoms with E-state index in [0.717, 1.165) is 37.0 Å². The molecule has 1 aromatic carbocycles. The Hall–Kier alpha value is -2.12. The molecule has 1 aromatic heterocycles. The van der Waals surface area contributed by atoms with Crippen molar-refractivity contribution < 1.29 is 17.6 Å². The van der Waals surface area contributed by atoms with Crippen LogP contribution in [0.25, 0.3) is 0 Å². The van der Waals surface area contributed by atoms with Crippen LogP contribution in [0.5, 0.6) is 0 Å². The van der Waals surface area contributed by atoms with Crippen molar-refractivity contribution in [2.45, 2.75) is 62.8 Å². The number of nitrogens with zero attached hydrogens (tertiary/aromatic N) is 1. The second kappa shape index (κ2) is 10.1. The Morgan fingerprint density at radius 3 is 2.41 bits per heavy atom. The first-order valence-electron chi connectivity index (χ1n) is 10.4. The molecule has 158 valence electrons. The maximum Gasteiger partial charge on any atom is 0.243 e. The van der Waals surface area contributed by atoms with Crippen molar-refractivity contribution in [2.24, 2.45) is 0 Å². The van der Waals surface area contributed by atoms with Crippen LogP contribution in [0, 0.1) is 0 Å². The Kier molecular flexibility index (Phi) is 7.50.